The van der Waals surface area contributed by atoms with Gasteiger partial charge < -0.3 is 14.9 Å². The topological polar surface area (TPSA) is 69.6 Å². The Bertz CT molecular complexity index is 1280. The van der Waals surface area contributed by atoms with Gasteiger partial charge in [-0.15, -0.1) is 11.3 Å². The molecule has 1 amide bonds. The Kier molecular flexibility index (Phi) is 6.20. The molecule has 3 heterocycles. The molecule has 1 fully saturated rings. The summed E-state index contributed by atoms with van der Waals surface area (Å²) in [6, 6.07) is 15.8. The molecule has 2 aromatic heterocycles. The molecule has 0 saturated carbocycles. The number of para-hydroxylation sites is 2. The maximum absolute atomic E-state index is 12.9. The van der Waals surface area contributed by atoms with E-state index in [1.54, 1.807) is 23.7 Å². The van der Waals surface area contributed by atoms with Crippen molar-refractivity contribution >= 4 is 44.9 Å². The first-order chi connectivity index (χ1) is 16.1. The van der Waals surface area contributed by atoms with Crippen LogP contribution in [0.15, 0.2) is 65.3 Å². The molecule has 8 heteroatoms. The zero-order valence-electron chi connectivity index (χ0n) is 18.3. The molecule has 168 valence electrons. The number of nitrogens with zero attached hydrogens (tertiary/aromatic N) is 4. The second-order valence-corrected chi connectivity index (χ2v) is 9.84. The van der Waals surface area contributed by atoms with Crippen molar-refractivity contribution in [2.45, 2.75) is 11.9 Å². The minimum absolute atomic E-state index is 0.107. The third-order valence-electron chi connectivity index (χ3n) is 5.89. The van der Waals surface area contributed by atoms with Crippen molar-refractivity contribution in [1.29, 1.82) is 0 Å². The van der Waals surface area contributed by atoms with Crippen LogP contribution in [0.3, 0.4) is 0 Å². The maximum Gasteiger partial charge on any atom is 0.233 e. The van der Waals surface area contributed by atoms with Crippen LogP contribution in [0.5, 0.6) is 5.75 Å². The number of aromatic nitrogens is 2. The van der Waals surface area contributed by atoms with Gasteiger partial charge in [0, 0.05) is 37.1 Å². The molecular weight excluding hydrogens is 452 g/mol. The number of thiophene rings is 1. The van der Waals surface area contributed by atoms with Crippen LogP contribution in [0.1, 0.15) is 5.56 Å². The Morgan fingerprint density at radius 2 is 1.82 bits per heavy atom. The van der Waals surface area contributed by atoms with E-state index in [2.05, 4.69) is 51.4 Å². The van der Waals surface area contributed by atoms with Crippen LogP contribution in [0, 0.1) is 6.92 Å². The molecule has 0 unspecified atom stereocenters. The molecule has 6 nitrogen and oxygen atoms in total. The van der Waals surface area contributed by atoms with Crippen LogP contribution >= 0.6 is 23.1 Å². The number of aryl methyl sites for hydroxylation is 1. The van der Waals surface area contributed by atoms with Gasteiger partial charge in [-0.2, -0.15) is 0 Å². The molecule has 1 N–H and O–H groups in total. The van der Waals surface area contributed by atoms with Gasteiger partial charge in [-0.25, -0.2) is 9.97 Å². The predicted molar refractivity (Wildman–Crippen MR) is 135 cm³/mol. The number of benzene rings is 2. The number of phenolic OH excluding ortho intramolecular Hbond substituents is 1. The third kappa shape index (κ3) is 4.54. The minimum atomic E-state index is 0.107. The van der Waals surface area contributed by atoms with Gasteiger partial charge in [0.15, 0.2) is 0 Å². The summed E-state index contributed by atoms with van der Waals surface area (Å²) in [4.78, 5) is 26.9. The normalized spacial score (nSPS) is 14.1. The molecule has 1 aliphatic rings. The highest BCUT2D eigenvalue weighted by Gasteiger charge is 2.23. The Morgan fingerprint density at radius 1 is 1.06 bits per heavy atom. The number of rotatable bonds is 5. The van der Waals surface area contributed by atoms with Gasteiger partial charge in [0.05, 0.1) is 16.8 Å². The Labute approximate surface area is 200 Å². The molecule has 5 rings (SSSR count). The van der Waals surface area contributed by atoms with Gasteiger partial charge in [0.25, 0.3) is 0 Å². The number of carbonyl (C=O) groups is 1. The third-order valence-corrected chi connectivity index (χ3v) is 7.75. The molecule has 1 saturated heterocycles. The average molecular weight is 477 g/mol. The van der Waals surface area contributed by atoms with Crippen molar-refractivity contribution in [2.24, 2.45) is 0 Å². The van der Waals surface area contributed by atoms with Crippen molar-refractivity contribution in [3.8, 4) is 16.9 Å². The Morgan fingerprint density at radius 3 is 2.58 bits per heavy atom. The molecule has 4 aromatic rings. The van der Waals surface area contributed by atoms with Crippen molar-refractivity contribution in [1.82, 2.24) is 14.9 Å². The summed E-state index contributed by atoms with van der Waals surface area (Å²) in [5, 5.41) is 14.1. The Balaban J connectivity index is 1.27. The number of carbonyl (C=O) groups excluding carboxylic acids is 1. The number of hydrogen-bond acceptors (Lipinski definition) is 7. The molecule has 0 radical (unpaired) electrons. The number of hydrogen-bond donors (Lipinski definition) is 1. The summed E-state index contributed by atoms with van der Waals surface area (Å²) in [7, 11) is 0. The molecule has 2 aromatic carbocycles. The molecule has 33 heavy (non-hydrogen) atoms. The quantitative estimate of drug-likeness (QED) is 0.329. The van der Waals surface area contributed by atoms with Crippen LogP contribution in [0.2, 0.25) is 0 Å². The van der Waals surface area contributed by atoms with E-state index in [9.17, 15) is 9.90 Å². The first-order valence-electron chi connectivity index (χ1n) is 10.8. The van der Waals surface area contributed by atoms with Crippen LogP contribution < -0.4 is 4.90 Å². The number of aromatic hydroxyl groups is 1. The molecule has 0 aliphatic carbocycles. The second kappa shape index (κ2) is 9.41. The maximum atomic E-state index is 12.9. The summed E-state index contributed by atoms with van der Waals surface area (Å²) < 4.78 is 0. The predicted octanol–water partition coefficient (Wildman–Crippen LogP) is 4.81. The fraction of sp³-hybridized carbons (Fsp3) is 0.240. The molecule has 0 spiro atoms. The molecule has 0 atom stereocenters. The summed E-state index contributed by atoms with van der Waals surface area (Å²) in [5.41, 5.74) is 4.29. The van der Waals surface area contributed by atoms with Crippen molar-refractivity contribution in [3.05, 3.63) is 65.8 Å². The van der Waals surface area contributed by atoms with E-state index >= 15 is 0 Å². The van der Waals surface area contributed by atoms with Gasteiger partial charge in [0.1, 0.15) is 21.9 Å². The molecule has 1 aliphatic heterocycles. The van der Waals surface area contributed by atoms with Gasteiger partial charge in [-0.1, -0.05) is 53.7 Å². The summed E-state index contributed by atoms with van der Waals surface area (Å²) >= 11 is 3.08. The number of piperazine rings is 1. The van der Waals surface area contributed by atoms with Gasteiger partial charge >= 0.3 is 0 Å². The first kappa shape index (κ1) is 21.7. The van der Waals surface area contributed by atoms with Crippen molar-refractivity contribution in [2.75, 3.05) is 36.8 Å². The smallest absolute Gasteiger partial charge is 0.233 e. The summed E-state index contributed by atoms with van der Waals surface area (Å²) in [6.07, 6.45) is 1.58. The minimum Gasteiger partial charge on any atom is -0.506 e. The number of fused-ring (bicyclic) bond motifs is 1. The summed E-state index contributed by atoms with van der Waals surface area (Å²) in [6.45, 7) is 4.76. The van der Waals surface area contributed by atoms with Crippen LogP contribution in [-0.4, -0.2) is 57.8 Å². The lowest BCUT2D eigenvalue weighted by molar-refractivity contribution is -0.128. The largest absolute Gasteiger partial charge is 0.506 e. The monoisotopic (exact) mass is 476 g/mol. The van der Waals surface area contributed by atoms with Crippen LogP contribution in [-0.2, 0) is 4.79 Å². The van der Waals surface area contributed by atoms with E-state index in [0.717, 1.165) is 32.1 Å². The van der Waals surface area contributed by atoms with E-state index in [1.807, 2.05) is 23.1 Å². The van der Waals surface area contributed by atoms with E-state index < -0.39 is 0 Å². The van der Waals surface area contributed by atoms with E-state index in [0.29, 0.717) is 31.9 Å². The van der Waals surface area contributed by atoms with Crippen LogP contribution in [0.25, 0.3) is 21.3 Å². The number of amides is 1. The zero-order chi connectivity index (χ0) is 22.8. The van der Waals surface area contributed by atoms with Crippen molar-refractivity contribution < 1.29 is 9.90 Å². The standard InChI is InChI=1S/C25H24N4O2S2/c1-17-6-8-18(9-7-17)19-14-32-24-23(19)25(27-16-26-24)33-15-22(31)29-12-10-28(11-13-29)20-4-2-3-5-21(20)30/h2-9,14,16,30H,10-13,15H2,1H3. The fourth-order valence-corrected chi connectivity index (χ4v) is 5.95. The lowest BCUT2D eigenvalue weighted by Gasteiger charge is -2.36. The highest BCUT2D eigenvalue weighted by Crippen LogP contribution is 2.38. The second-order valence-electron chi connectivity index (χ2n) is 8.02. The average Bonchev–Trinajstić information content (AvgIpc) is 3.28. The van der Waals surface area contributed by atoms with E-state index in [-0.39, 0.29) is 11.7 Å². The van der Waals surface area contributed by atoms with E-state index in [4.69, 9.17) is 0 Å². The van der Waals surface area contributed by atoms with Gasteiger partial charge in [0.2, 0.25) is 5.91 Å². The SMILES string of the molecule is Cc1ccc(-c2csc3ncnc(SCC(=O)N4CCN(c5ccccc5O)CC4)c23)cc1. The molecule has 0 bridgehead atoms. The number of anilines is 1. The van der Waals surface area contributed by atoms with E-state index in [1.165, 1.54) is 17.3 Å². The van der Waals surface area contributed by atoms with Crippen LogP contribution in [0.4, 0.5) is 5.69 Å². The lowest BCUT2D eigenvalue weighted by Crippen LogP contribution is -2.49. The summed E-state index contributed by atoms with van der Waals surface area (Å²) in [5.74, 6) is 0.725. The highest BCUT2D eigenvalue weighted by atomic mass is 32.2. The highest BCUT2D eigenvalue weighted by molar-refractivity contribution is 8.00. The fourth-order valence-electron chi connectivity index (χ4n) is 4.05. The first-order valence-corrected chi connectivity index (χ1v) is 12.7. The number of phenols is 1. The molecular formula is C25H24N4O2S2. The lowest BCUT2D eigenvalue weighted by atomic mass is 10.1. The van der Waals surface area contributed by atoms with Crippen molar-refractivity contribution in [3.63, 3.8) is 0 Å². The van der Waals surface area contributed by atoms with Gasteiger partial charge in [-0.05, 0) is 24.6 Å². The van der Waals surface area contributed by atoms with Gasteiger partial charge in [-0.3, -0.25) is 4.79 Å². The Hall–Kier alpha value is -3.10. The zero-order valence-corrected chi connectivity index (χ0v) is 19.9. The number of thioether (sulfide) groups is 1.